The number of aliphatic hydroxyl groups is 14. The van der Waals surface area contributed by atoms with Crippen LogP contribution in [-0.4, -0.2) is 234 Å². The molecule has 0 aromatic heterocycles. The van der Waals surface area contributed by atoms with E-state index in [2.05, 4.69) is 0 Å². The fourth-order valence-electron chi connectivity index (χ4n) is 10.4. The van der Waals surface area contributed by atoms with E-state index in [4.69, 9.17) is 42.6 Å². The first-order chi connectivity index (χ1) is 30.5. The smallest absolute Gasteiger partial charge is 0.330 e. The zero-order valence-electron chi connectivity index (χ0n) is 35.8. The lowest BCUT2D eigenvalue weighted by Gasteiger charge is -2.49. The predicted molar refractivity (Wildman–Crippen MR) is 212 cm³/mol. The molecule has 25 atom stereocenters. The van der Waals surface area contributed by atoms with Crippen LogP contribution in [0.1, 0.15) is 64.2 Å². The summed E-state index contributed by atoms with van der Waals surface area (Å²) in [4.78, 5) is 12.6. The highest BCUT2D eigenvalue weighted by atomic mass is 16.8. The molecule has 7 rings (SSSR count). The molecule has 64 heavy (non-hydrogen) atoms. The van der Waals surface area contributed by atoms with Crippen molar-refractivity contribution in [3.05, 3.63) is 12.2 Å². The molecule has 3 saturated carbocycles. The molecular formula is C42H69O22+. The van der Waals surface area contributed by atoms with Gasteiger partial charge in [-0.2, -0.15) is 0 Å². The van der Waals surface area contributed by atoms with E-state index < -0.39 is 160 Å². The third-order valence-electron chi connectivity index (χ3n) is 14.3. The SMILES string of the molecule is COC1CCCC(C=CC(=O)OCC2OC(OCC3OC(OC4CC5C(O)CC(O)CC5[OH+]C4C4CCC(O)C(O)C4)C(OC4OCC(O)C(O)C4O)C(O)C3O)C(O)C(O)C2O)C1. The van der Waals surface area contributed by atoms with Crippen LogP contribution in [0, 0.1) is 17.8 Å². The number of allylic oxidation sites excluding steroid dienone is 1. The Hall–Kier alpha value is -1.59. The van der Waals surface area contributed by atoms with Gasteiger partial charge in [0.2, 0.25) is 0 Å². The Kier molecular flexibility index (Phi) is 17.5. The van der Waals surface area contributed by atoms with Crippen LogP contribution in [0.5, 0.6) is 0 Å². The Morgan fingerprint density at radius 3 is 2.12 bits per heavy atom. The normalized spacial score (nSPS) is 50.5. The Bertz CT molecular complexity index is 1510. The molecule has 0 amide bonds. The number of hydrogen-bond acceptors (Lipinski definition) is 21. The van der Waals surface area contributed by atoms with Gasteiger partial charge in [0.15, 0.2) is 31.1 Å². The Morgan fingerprint density at radius 1 is 0.656 bits per heavy atom. The van der Waals surface area contributed by atoms with Crippen molar-refractivity contribution >= 4 is 5.97 Å². The topological polar surface area (TPSA) is 346 Å². The summed E-state index contributed by atoms with van der Waals surface area (Å²) in [5.74, 6) is -1.43. The second kappa shape index (κ2) is 22.2. The molecule has 4 saturated heterocycles. The number of fused-ring (bicyclic) bond motifs is 1. The van der Waals surface area contributed by atoms with Crippen molar-refractivity contribution in [2.24, 2.45) is 17.8 Å². The minimum atomic E-state index is -1.89. The summed E-state index contributed by atoms with van der Waals surface area (Å²) < 4.78 is 51.5. The van der Waals surface area contributed by atoms with E-state index in [1.165, 1.54) is 6.08 Å². The van der Waals surface area contributed by atoms with Gasteiger partial charge in [-0.1, -0.05) is 12.5 Å². The number of carbonyl (C=O) groups excluding carboxylic acids is 1. The maximum Gasteiger partial charge on any atom is 0.330 e. The van der Waals surface area contributed by atoms with E-state index in [1.807, 2.05) is 0 Å². The van der Waals surface area contributed by atoms with Gasteiger partial charge in [0.1, 0.15) is 79.9 Å². The number of carbonyl (C=O) groups is 1. The first-order valence-electron chi connectivity index (χ1n) is 22.6. The molecule has 0 spiro atoms. The Balaban J connectivity index is 1.06. The van der Waals surface area contributed by atoms with Crippen LogP contribution in [0.2, 0.25) is 0 Å². The largest absolute Gasteiger partial charge is 0.460 e. The van der Waals surface area contributed by atoms with E-state index in [9.17, 15) is 66.1 Å². The fourth-order valence-corrected chi connectivity index (χ4v) is 10.4. The summed E-state index contributed by atoms with van der Waals surface area (Å²) in [6, 6.07) is 0. The summed E-state index contributed by atoms with van der Waals surface area (Å²) in [6.45, 7) is -1.63. The van der Waals surface area contributed by atoms with Gasteiger partial charge >= 0.3 is 5.97 Å². The van der Waals surface area contributed by atoms with Crippen molar-refractivity contribution in [2.45, 2.75) is 199 Å². The van der Waals surface area contributed by atoms with Crippen molar-refractivity contribution in [2.75, 3.05) is 26.9 Å². The molecule has 22 heteroatoms. The molecule has 0 radical (unpaired) electrons. The highest BCUT2D eigenvalue weighted by Crippen LogP contribution is 2.43. The standard InChI is InChI=1S/C42H68O22/c1-56-20-4-2-3-17(9-20)5-8-30(48)57-15-28-32(50)34(52)37(55)40(62-28)59-16-29-33(51)35(53)39(64-41-36(54)31(49)25(47)14-58-41)42(63-29)61-27-13-21-23(45)11-19(43)12-26(21)60-38(27)18-6-7-22(44)24(46)10-18/h5,8,17-29,31-47,49-55H,2-4,6-7,9-16H2,1H3/p+1. The second-order valence-electron chi connectivity index (χ2n) is 18.7. The van der Waals surface area contributed by atoms with Crippen LogP contribution in [0.25, 0.3) is 0 Å². The zero-order chi connectivity index (χ0) is 46.0. The number of rotatable bonds is 13. The van der Waals surface area contributed by atoms with Crippen LogP contribution in [-0.2, 0) is 42.7 Å². The van der Waals surface area contributed by atoms with Crippen molar-refractivity contribution < 1.29 is 109 Å². The fraction of sp³-hybridized carbons (Fsp3) is 0.929. The van der Waals surface area contributed by atoms with Crippen molar-refractivity contribution in [3.63, 3.8) is 0 Å². The van der Waals surface area contributed by atoms with Crippen LogP contribution < -0.4 is 0 Å². The summed E-state index contributed by atoms with van der Waals surface area (Å²) in [5.41, 5.74) is 0. The van der Waals surface area contributed by atoms with Crippen molar-refractivity contribution in [1.29, 1.82) is 0 Å². The van der Waals surface area contributed by atoms with Gasteiger partial charge < -0.3 is 104 Å². The van der Waals surface area contributed by atoms with Crippen LogP contribution in [0.4, 0.5) is 0 Å². The van der Waals surface area contributed by atoms with Gasteiger partial charge in [-0.25, -0.2) is 4.79 Å². The van der Waals surface area contributed by atoms with Gasteiger partial charge in [-0.15, -0.1) is 0 Å². The Labute approximate surface area is 370 Å². The van der Waals surface area contributed by atoms with Crippen LogP contribution in [0.15, 0.2) is 12.2 Å². The molecule has 4 aliphatic heterocycles. The van der Waals surface area contributed by atoms with Crippen LogP contribution in [0.3, 0.4) is 0 Å². The molecule has 3 aliphatic carbocycles. The van der Waals surface area contributed by atoms with Crippen molar-refractivity contribution in [1.82, 2.24) is 0 Å². The number of methoxy groups -OCH3 is 1. The highest BCUT2D eigenvalue weighted by Gasteiger charge is 2.56. The first-order valence-corrected chi connectivity index (χ1v) is 22.6. The van der Waals surface area contributed by atoms with E-state index in [1.54, 1.807) is 13.2 Å². The van der Waals surface area contributed by atoms with Gasteiger partial charge in [0, 0.05) is 31.9 Å². The summed E-state index contributed by atoms with van der Waals surface area (Å²) >= 11 is 0. The van der Waals surface area contributed by atoms with E-state index >= 15 is 0 Å². The molecule has 7 aliphatic rings. The highest BCUT2D eigenvalue weighted by molar-refractivity contribution is 5.81. The Morgan fingerprint density at radius 2 is 1.38 bits per heavy atom. The van der Waals surface area contributed by atoms with Gasteiger partial charge in [0.05, 0.1) is 49.7 Å². The average molecular weight is 926 g/mol. The summed E-state index contributed by atoms with van der Waals surface area (Å²) in [7, 11) is 1.64. The van der Waals surface area contributed by atoms with Crippen molar-refractivity contribution in [3.8, 4) is 0 Å². The minimum absolute atomic E-state index is 0.0949. The lowest BCUT2D eigenvalue weighted by molar-refractivity contribution is -0.385. The summed E-state index contributed by atoms with van der Waals surface area (Å²) in [5, 5.41) is 129. The van der Waals surface area contributed by atoms with Gasteiger partial charge in [-0.3, -0.25) is 0 Å². The zero-order valence-corrected chi connectivity index (χ0v) is 35.8. The quantitative estimate of drug-likeness (QED) is 0.0468. The van der Waals surface area contributed by atoms with E-state index in [-0.39, 0.29) is 50.0 Å². The third-order valence-corrected chi connectivity index (χ3v) is 14.3. The van der Waals surface area contributed by atoms with E-state index in [0.29, 0.717) is 6.42 Å². The maximum atomic E-state index is 12.6. The third kappa shape index (κ3) is 11.6. The number of ether oxygens (including phenoxy) is 9. The second-order valence-corrected chi connectivity index (χ2v) is 18.7. The molecule has 22 nitrogen and oxygen atoms in total. The molecule has 13 N–H and O–H groups in total. The molecule has 0 aromatic rings. The van der Waals surface area contributed by atoms with Gasteiger partial charge in [0.25, 0.3) is 0 Å². The monoisotopic (exact) mass is 925 g/mol. The lowest BCUT2D eigenvalue weighted by atomic mass is 9.72. The molecule has 25 unspecified atom stereocenters. The van der Waals surface area contributed by atoms with E-state index in [0.717, 1.165) is 25.7 Å². The van der Waals surface area contributed by atoms with Gasteiger partial charge in [-0.05, 0) is 50.9 Å². The molecule has 0 aromatic carbocycles. The average Bonchev–Trinajstić information content (AvgIpc) is 3.27. The van der Waals surface area contributed by atoms with Crippen LogP contribution >= 0.6 is 0 Å². The predicted octanol–water partition coefficient (Wildman–Crippen LogP) is -4.91. The lowest BCUT2D eigenvalue weighted by Crippen LogP contribution is -2.65. The molecular weight excluding hydrogens is 856 g/mol. The molecule has 4 heterocycles. The maximum absolute atomic E-state index is 12.6. The minimum Gasteiger partial charge on any atom is -0.460 e. The molecule has 0 bridgehead atoms. The number of esters is 1. The number of aliphatic hydroxyl groups excluding tert-OH is 12. The number of hydrogen-bond donors (Lipinski definition) is 12. The summed E-state index contributed by atoms with van der Waals surface area (Å²) in [6.07, 6.45) is -21.4. The molecule has 7 fully saturated rings. The first kappa shape index (κ1) is 50.3. The molecule has 368 valence electrons.